The first-order chi connectivity index (χ1) is 13.2. The molecule has 5 rings (SSSR count). The standard InChI is InChI=1S/C21H15N3O3/c1-2-27-21(26)13-7-5-9-17-15(13)10-12-11-24-19(18(12)22-17)23-16-8-4-3-6-14(16)20(24)25/h3-10H,2,11H2,1H3. The van der Waals surface area contributed by atoms with Crippen LogP contribution in [0.15, 0.2) is 53.3 Å². The molecule has 0 aliphatic carbocycles. The third kappa shape index (κ3) is 2.26. The molecular formula is C21H15N3O3. The first kappa shape index (κ1) is 15.7. The van der Waals surface area contributed by atoms with Crippen molar-refractivity contribution in [3.63, 3.8) is 0 Å². The lowest BCUT2D eigenvalue weighted by molar-refractivity contribution is 0.0528. The van der Waals surface area contributed by atoms with Crippen molar-refractivity contribution in [2.75, 3.05) is 6.61 Å². The fraction of sp³-hybridized carbons (Fsp3) is 0.143. The van der Waals surface area contributed by atoms with Crippen molar-refractivity contribution in [3.05, 3.63) is 70.0 Å². The zero-order valence-electron chi connectivity index (χ0n) is 14.6. The molecule has 0 saturated carbocycles. The van der Waals surface area contributed by atoms with E-state index in [1.807, 2.05) is 30.3 Å². The van der Waals surface area contributed by atoms with E-state index in [0.29, 0.717) is 46.7 Å². The summed E-state index contributed by atoms with van der Waals surface area (Å²) in [5, 5.41) is 1.31. The van der Waals surface area contributed by atoms with Crippen molar-refractivity contribution >= 4 is 27.8 Å². The molecule has 0 N–H and O–H groups in total. The molecule has 27 heavy (non-hydrogen) atoms. The van der Waals surface area contributed by atoms with Crippen LogP contribution in [0.25, 0.3) is 33.3 Å². The van der Waals surface area contributed by atoms with Gasteiger partial charge in [0.1, 0.15) is 5.69 Å². The third-order valence-corrected chi connectivity index (χ3v) is 4.84. The van der Waals surface area contributed by atoms with Gasteiger partial charge in [0.2, 0.25) is 0 Å². The largest absolute Gasteiger partial charge is 0.462 e. The highest BCUT2D eigenvalue weighted by molar-refractivity contribution is 6.04. The van der Waals surface area contributed by atoms with Crippen molar-refractivity contribution in [1.29, 1.82) is 0 Å². The number of hydrogen-bond donors (Lipinski definition) is 0. The Hall–Kier alpha value is -3.54. The van der Waals surface area contributed by atoms with Gasteiger partial charge < -0.3 is 4.74 Å². The van der Waals surface area contributed by atoms with Crippen molar-refractivity contribution < 1.29 is 9.53 Å². The first-order valence-electron chi connectivity index (χ1n) is 8.77. The van der Waals surface area contributed by atoms with Gasteiger partial charge in [-0.1, -0.05) is 18.2 Å². The number of para-hydroxylation sites is 1. The van der Waals surface area contributed by atoms with E-state index in [4.69, 9.17) is 9.72 Å². The number of esters is 1. The van der Waals surface area contributed by atoms with Crippen LogP contribution in [0.3, 0.4) is 0 Å². The fourth-order valence-electron chi connectivity index (χ4n) is 3.60. The Bertz CT molecular complexity index is 1310. The number of carbonyl (C=O) groups is 1. The molecule has 4 aromatic rings. The zero-order chi connectivity index (χ0) is 18.5. The van der Waals surface area contributed by atoms with Crippen LogP contribution in [0.1, 0.15) is 22.8 Å². The smallest absolute Gasteiger partial charge is 0.338 e. The lowest BCUT2D eigenvalue weighted by Gasteiger charge is -2.07. The summed E-state index contributed by atoms with van der Waals surface area (Å²) in [4.78, 5) is 34.5. The van der Waals surface area contributed by atoms with Crippen LogP contribution in [-0.4, -0.2) is 27.1 Å². The Morgan fingerprint density at radius 2 is 1.85 bits per heavy atom. The Balaban J connectivity index is 1.76. The molecule has 0 amide bonds. The number of hydrogen-bond acceptors (Lipinski definition) is 5. The summed E-state index contributed by atoms with van der Waals surface area (Å²) in [6.45, 7) is 2.48. The van der Waals surface area contributed by atoms with Crippen LogP contribution in [0.5, 0.6) is 0 Å². The van der Waals surface area contributed by atoms with Crippen LogP contribution < -0.4 is 5.56 Å². The van der Waals surface area contributed by atoms with E-state index in [1.165, 1.54) is 0 Å². The Labute approximate surface area is 154 Å². The van der Waals surface area contributed by atoms with Crippen molar-refractivity contribution in [2.45, 2.75) is 13.5 Å². The number of pyridine rings is 1. The van der Waals surface area contributed by atoms with Gasteiger partial charge in [-0.3, -0.25) is 9.36 Å². The van der Waals surface area contributed by atoms with E-state index < -0.39 is 0 Å². The Morgan fingerprint density at radius 1 is 1.07 bits per heavy atom. The Morgan fingerprint density at radius 3 is 2.70 bits per heavy atom. The van der Waals surface area contributed by atoms with Gasteiger partial charge in [-0.25, -0.2) is 14.8 Å². The second-order valence-corrected chi connectivity index (χ2v) is 6.43. The van der Waals surface area contributed by atoms with Crippen LogP contribution in [-0.2, 0) is 11.3 Å². The average molecular weight is 357 g/mol. The number of nitrogens with zero attached hydrogens (tertiary/aromatic N) is 3. The van der Waals surface area contributed by atoms with Gasteiger partial charge in [0.15, 0.2) is 5.82 Å². The predicted octanol–water partition coefficient (Wildman–Crippen LogP) is 3.15. The highest BCUT2D eigenvalue weighted by Crippen LogP contribution is 2.32. The molecule has 0 radical (unpaired) electrons. The summed E-state index contributed by atoms with van der Waals surface area (Å²) in [5.74, 6) is 0.193. The summed E-state index contributed by atoms with van der Waals surface area (Å²) in [7, 11) is 0. The molecule has 0 atom stereocenters. The quantitative estimate of drug-likeness (QED) is 0.454. The van der Waals surface area contributed by atoms with Gasteiger partial charge in [0, 0.05) is 10.9 Å². The summed E-state index contributed by atoms with van der Waals surface area (Å²) >= 11 is 0. The number of carbonyl (C=O) groups excluding carboxylic acids is 1. The molecule has 0 fully saturated rings. The maximum Gasteiger partial charge on any atom is 0.338 e. The number of ether oxygens (including phenoxy) is 1. The van der Waals surface area contributed by atoms with Gasteiger partial charge >= 0.3 is 5.97 Å². The highest BCUT2D eigenvalue weighted by Gasteiger charge is 2.25. The first-order valence-corrected chi connectivity index (χ1v) is 8.77. The second kappa shape index (κ2) is 5.74. The molecule has 6 nitrogen and oxygen atoms in total. The molecule has 2 aromatic carbocycles. The Kier molecular flexibility index (Phi) is 3.33. The van der Waals surface area contributed by atoms with Gasteiger partial charge in [0.25, 0.3) is 5.56 Å². The number of aromatic nitrogens is 3. The van der Waals surface area contributed by atoms with E-state index in [2.05, 4.69) is 4.98 Å². The van der Waals surface area contributed by atoms with Crippen molar-refractivity contribution in [3.8, 4) is 11.5 Å². The number of rotatable bonds is 2. The molecule has 3 heterocycles. The lowest BCUT2D eigenvalue weighted by atomic mass is 10.1. The summed E-state index contributed by atoms with van der Waals surface area (Å²) < 4.78 is 6.80. The van der Waals surface area contributed by atoms with Crippen LogP contribution in [0.4, 0.5) is 0 Å². The van der Waals surface area contributed by atoms with Crippen LogP contribution >= 0.6 is 0 Å². The van der Waals surface area contributed by atoms with Crippen molar-refractivity contribution in [2.24, 2.45) is 0 Å². The molecule has 132 valence electrons. The van der Waals surface area contributed by atoms with E-state index in [1.54, 1.807) is 29.7 Å². The molecule has 0 spiro atoms. The normalized spacial score (nSPS) is 12.2. The van der Waals surface area contributed by atoms with Gasteiger partial charge in [-0.2, -0.15) is 0 Å². The van der Waals surface area contributed by atoms with E-state index in [-0.39, 0.29) is 11.5 Å². The third-order valence-electron chi connectivity index (χ3n) is 4.84. The highest BCUT2D eigenvalue weighted by atomic mass is 16.5. The van der Waals surface area contributed by atoms with E-state index in [0.717, 1.165) is 10.9 Å². The molecule has 0 bridgehead atoms. The lowest BCUT2D eigenvalue weighted by Crippen LogP contribution is -2.20. The second-order valence-electron chi connectivity index (χ2n) is 6.43. The summed E-state index contributed by atoms with van der Waals surface area (Å²) in [6.07, 6.45) is 0. The molecule has 0 saturated heterocycles. The summed E-state index contributed by atoms with van der Waals surface area (Å²) in [6, 6.07) is 14.6. The van der Waals surface area contributed by atoms with Crippen molar-refractivity contribution in [1.82, 2.24) is 14.5 Å². The van der Waals surface area contributed by atoms with Gasteiger partial charge in [-0.15, -0.1) is 0 Å². The van der Waals surface area contributed by atoms with E-state index >= 15 is 0 Å². The van der Waals surface area contributed by atoms with Crippen LogP contribution in [0.2, 0.25) is 0 Å². The molecule has 2 aromatic heterocycles. The minimum atomic E-state index is -0.374. The molecule has 1 aliphatic rings. The van der Waals surface area contributed by atoms with Gasteiger partial charge in [0.05, 0.1) is 35.1 Å². The van der Waals surface area contributed by atoms with Gasteiger partial charge in [-0.05, 0) is 37.3 Å². The average Bonchev–Trinajstić information content (AvgIpc) is 3.04. The van der Waals surface area contributed by atoms with Crippen LogP contribution in [0, 0.1) is 0 Å². The number of benzene rings is 2. The maximum atomic E-state index is 12.9. The topological polar surface area (TPSA) is 74.1 Å². The molecular weight excluding hydrogens is 342 g/mol. The maximum absolute atomic E-state index is 12.9. The zero-order valence-corrected chi connectivity index (χ0v) is 14.6. The minimum absolute atomic E-state index is 0.0803. The van der Waals surface area contributed by atoms with E-state index in [9.17, 15) is 9.59 Å². The summed E-state index contributed by atoms with van der Waals surface area (Å²) in [5.41, 5.74) is 3.29. The molecule has 0 unspecified atom stereocenters. The number of fused-ring (bicyclic) bond motifs is 5. The predicted molar refractivity (Wildman–Crippen MR) is 102 cm³/mol. The minimum Gasteiger partial charge on any atom is -0.462 e. The molecule has 6 heteroatoms. The fourth-order valence-corrected chi connectivity index (χ4v) is 3.60. The SMILES string of the molecule is CCOC(=O)c1cccc2nc3c(cc12)Cn1c-3nc2ccccc2c1=O. The molecule has 1 aliphatic heterocycles. The monoisotopic (exact) mass is 357 g/mol.